The summed E-state index contributed by atoms with van der Waals surface area (Å²) in [7, 11) is 0. The van der Waals surface area contributed by atoms with Crippen molar-refractivity contribution < 1.29 is 13.9 Å². The molecule has 1 aromatic heterocycles. The maximum absolute atomic E-state index is 13.2. The fourth-order valence-electron chi connectivity index (χ4n) is 2.72. The second kappa shape index (κ2) is 6.32. The van der Waals surface area contributed by atoms with Gasteiger partial charge in [-0.05, 0) is 32.4 Å². The molecule has 0 radical (unpaired) electrons. The van der Waals surface area contributed by atoms with E-state index in [1.54, 1.807) is 18.3 Å². The summed E-state index contributed by atoms with van der Waals surface area (Å²) in [6.45, 7) is 3.67. The molecule has 1 N–H and O–H groups in total. The van der Waals surface area contributed by atoms with Crippen LogP contribution in [-0.4, -0.2) is 22.0 Å². The highest BCUT2D eigenvalue weighted by Gasteiger charge is 2.32. The van der Waals surface area contributed by atoms with Crippen LogP contribution >= 0.6 is 0 Å². The second-order valence-corrected chi connectivity index (χ2v) is 5.65. The quantitative estimate of drug-likeness (QED) is 0.941. The van der Waals surface area contributed by atoms with Gasteiger partial charge in [0.1, 0.15) is 23.5 Å². The average Bonchev–Trinajstić information content (AvgIpc) is 2.80. The van der Waals surface area contributed by atoms with E-state index in [9.17, 15) is 9.18 Å². The van der Waals surface area contributed by atoms with Crippen LogP contribution in [-0.2, 0) is 11.2 Å². The average molecular weight is 315 g/mol. The minimum absolute atomic E-state index is 0.0844. The molecule has 2 heterocycles. The summed E-state index contributed by atoms with van der Waals surface area (Å²) in [5, 5.41) is 2.96. The molecule has 6 heteroatoms. The number of halogens is 1. The Morgan fingerprint density at radius 2 is 2.22 bits per heavy atom. The Morgan fingerprint density at radius 1 is 1.39 bits per heavy atom. The van der Waals surface area contributed by atoms with Gasteiger partial charge >= 0.3 is 0 Å². The van der Waals surface area contributed by atoms with Gasteiger partial charge in [-0.25, -0.2) is 14.4 Å². The van der Waals surface area contributed by atoms with Crippen LogP contribution in [0.25, 0.3) is 0 Å². The van der Waals surface area contributed by atoms with Gasteiger partial charge in [0.15, 0.2) is 0 Å². The number of aryl methyl sites for hydroxylation is 2. The lowest BCUT2D eigenvalue weighted by Crippen LogP contribution is -2.34. The highest BCUT2D eigenvalue weighted by atomic mass is 19.1. The molecular weight excluding hydrogens is 297 g/mol. The molecule has 0 bridgehead atoms. The molecule has 0 aliphatic carbocycles. The van der Waals surface area contributed by atoms with Crippen molar-refractivity contribution in [2.24, 2.45) is 0 Å². The van der Waals surface area contributed by atoms with Crippen molar-refractivity contribution in [3.8, 4) is 5.75 Å². The van der Waals surface area contributed by atoms with Crippen molar-refractivity contribution in [3.63, 3.8) is 0 Å². The summed E-state index contributed by atoms with van der Waals surface area (Å²) < 4.78 is 18.8. The van der Waals surface area contributed by atoms with E-state index >= 15 is 0 Å². The SMILES string of the molecule is Cc1nccc(CCC(=O)NC2c3ccc(F)cc3OC2C)n1. The van der Waals surface area contributed by atoms with Gasteiger partial charge in [-0.3, -0.25) is 4.79 Å². The highest BCUT2D eigenvalue weighted by molar-refractivity contribution is 5.77. The third-order valence-corrected chi connectivity index (χ3v) is 3.85. The minimum atomic E-state index is -0.345. The number of aromatic nitrogens is 2. The molecule has 2 unspecified atom stereocenters. The fraction of sp³-hybridized carbons (Fsp3) is 0.353. The van der Waals surface area contributed by atoms with Gasteiger partial charge in [-0.1, -0.05) is 6.07 Å². The summed E-state index contributed by atoms with van der Waals surface area (Å²) in [5.41, 5.74) is 1.65. The Morgan fingerprint density at radius 3 is 3.00 bits per heavy atom. The third kappa shape index (κ3) is 3.47. The van der Waals surface area contributed by atoms with Crippen LogP contribution in [0.2, 0.25) is 0 Å². The lowest BCUT2D eigenvalue weighted by Gasteiger charge is -2.16. The molecule has 1 aliphatic heterocycles. The van der Waals surface area contributed by atoms with E-state index in [1.165, 1.54) is 12.1 Å². The number of nitrogens with one attached hydrogen (secondary N) is 1. The Kier molecular flexibility index (Phi) is 4.23. The van der Waals surface area contributed by atoms with Gasteiger partial charge in [-0.2, -0.15) is 0 Å². The lowest BCUT2D eigenvalue weighted by molar-refractivity contribution is -0.122. The first-order valence-electron chi connectivity index (χ1n) is 7.57. The van der Waals surface area contributed by atoms with E-state index in [2.05, 4.69) is 15.3 Å². The Hall–Kier alpha value is -2.50. The van der Waals surface area contributed by atoms with Crippen LogP contribution in [0.3, 0.4) is 0 Å². The number of amides is 1. The molecule has 0 fully saturated rings. The largest absolute Gasteiger partial charge is 0.488 e. The first kappa shape index (κ1) is 15.4. The molecule has 120 valence electrons. The predicted molar refractivity (Wildman–Crippen MR) is 82.5 cm³/mol. The number of rotatable bonds is 4. The Bertz CT molecular complexity index is 736. The van der Waals surface area contributed by atoms with E-state index in [4.69, 9.17) is 4.74 Å². The van der Waals surface area contributed by atoms with Gasteiger partial charge in [0.25, 0.3) is 0 Å². The zero-order valence-electron chi connectivity index (χ0n) is 13.0. The maximum atomic E-state index is 13.2. The van der Waals surface area contributed by atoms with Crippen LogP contribution in [0.1, 0.15) is 36.5 Å². The van der Waals surface area contributed by atoms with Gasteiger partial charge in [-0.15, -0.1) is 0 Å². The van der Waals surface area contributed by atoms with Gasteiger partial charge < -0.3 is 10.1 Å². The molecular formula is C17H18FN3O2. The summed E-state index contributed by atoms with van der Waals surface area (Å²) >= 11 is 0. The number of ether oxygens (including phenoxy) is 1. The molecule has 0 saturated heterocycles. The van der Waals surface area contributed by atoms with Crippen molar-refractivity contribution in [2.75, 3.05) is 0 Å². The van der Waals surface area contributed by atoms with Crippen LogP contribution in [0, 0.1) is 12.7 Å². The molecule has 0 spiro atoms. The van der Waals surface area contributed by atoms with Crippen molar-refractivity contribution in [2.45, 2.75) is 38.8 Å². The monoisotopic (exact) mass is 315 g/mol. The zero-order chi connectivity index (χ0) is 16.4. The third-order valence-electron chi connectivity index (χ3n) is 3.85. The van der Waals surface area contributed by atoms with E-state index in [1.807, 2.05) is 13.8 Å². The van der Waals surface area contributed by atoms with E-state index in [-0.39, 0.29) is 23.9 Å². The molecule has 2 atom stereocenters. The molecule has 2 aromatic rings. The van der Waals surface area contributed by atoms with Crippen molar-refractivity contribution in [1.29, 1.82) is 0 Å². The van der Waals surface area contributed by atoms with Gasteiger partial charge in [0.2, 0.25) is 5.91 Å². The highest BCUT2D eigenvalue weighted by Crippen LogP contribution is 2.36. The van der Waals surface area contributed by atoms with Crippen LogP contribution in [0.15, 0.2) is 30.5 Å². The predicted octanol–water partition coefficient (Wildman–Crippen LogP) is 2.50. The molecule has 5 nitrogen and oxygen atoms in total. The summed E-state index contributed by atoms with van der Waals surface area (Å²) in [4.78, 5) is 20.5. The first-order valence-corrected chi connectivity index (χ1v) is 7.57. The number of fused-ring (bicyclic) bond motifs is 1. The lowest BCUT2D eigenvalue weighted by atomic mass is 10.0. The number of carbonyl (C=O) groups excluding carboxylic acids is 1. The number of carbonyl (C=O) groups is 1. The second-order valence-electron chi connectivity index (χ2n) is 5.65. The standard InChI is InChI=1S/C17H18FN3O2/c1-10-17(14-5-3-12(18)9-15(14)23-10)21-16(22)6-4-13-7-8-19-11(2)20-13/h3,5,7-10,17H,4,6H2,1-2H3,(H,21,22). The van der Waals surface area contributed by atoms with Gasteiger partial charge in [0, 0.05) is 29.9 Å². The molecule has 1 aromatic carbocycles. The van der Waals surface area contributed by atoms with E-state index in [0.717, 1.165) is 11.3 Å². The zero-order valence-corrected chi connectivity index (χ0v) is 13.0. The molecule has 1 amide bonds. The van der Waals surface area contributed by atoms with Crippen molar-refractivity contribution >= 4 is 5.91 Å². The Balaban J connectivity index is 1.62. The number of nitrogens with zero attached hydrogens (tertiary/aromatic N) is 2. The van der Waals surface area contributed by atoms with Gasteiger partial charge in [0.05, 0.1) is 6.04 Å². The first-order chi connectivity index (χ1) is 11.0. The Labute approximate surface area is 133 Å². The number of benzene rings is 1. The van der Waals surface area contributed by atoms with Crippen LogP contribution in [0.5, 0.6) is 5.75 Å². The summed E-state index contributed by atoms with van der Waals surface area (Å²) in [5.74, 6) is 0.756. The van der Waals surface area contributed by atoms with Crippen LogP contribution in [0.4, 0.5) is 4.39 Å². The fourth-order valence-corrected chi connectivity index (χ4v) is 2.72. The topological polar surface area (TPSA) is 64.1 Å². The summed E-state index contributed by atoms with van der Waals surface area (Å²) in [6, 6.07) is 5.93. The number of hydrogen-bond donors (Lipinski definition) is 1. The normalized spacial score (nSPS) is 19.1. The van der Waals surface area contributed by atoms with Crippen molar-refractivity contribution in [3.05, 3.63) is 53.4 Å². The molecule has 3 rings (SSSR count). The number of hydrogen-bond acceptors (Lipinski definition) is 4. The van der Waals surface area contributed by atoms with E-state index in [0.29, 0.717) is 24.4 Å². The molecule has 1 aliphatic rings. The molecule has 23 heavy (non-hydrogen) atoms. The molecule has 0 saturated carbocycles. The van der Waals surface area contributed by atoms with Crippen LogP contribution < -0.4 is 10.1 Å². The van der Waals surface area contributed by atoms with E-state index < -0.39 is 0 Å². The summed E-state index contributed by atoms with van der Waals surface area (Å²) in [6.07, 6.45) is 2.34. The maximum Gasteiger partial charge on any atom is 0.221 e. The van der Waals surface area contributed by atoms with Crippen molar-refractivity contribution in [1.82, 2.24) is 15.3 Å². The minimum Gasteiger partial charge on any atom is -0.488 e. The smallest absolute Gasteiger partial charge is 0.221 e.